The predicted octanol–water partition coefficient (Wildman–Crippen LogP) is 1.27. The Morgan fingerprint density at radius 3 is 2.89 bits per heavy atom. The molecule has 2 aromatic heterocycles. The molecule has 0 aliphatic carbocycles. The third-order valence-corrected chi connectivity index (χ3v) is 3.16. The summed E-state index contributed by atoms with van der Waals surface area (Å²) in [6, 6.07) is 2.14. The number of allylic oxidation sites excluding steroid dienone is 1. The predicted molar refractivity (Wildman–Crippen MR) is 66.9 cm³/mol. The Labute approximate surface area is 109 Å². The van der Waals surface area contributed by atoms with E-state index in [2.05, 4.69) is 26.6 Å². The Balaban J connectivity index is 2.25. The van der Waals surface area contributed by atoms with Crippen LogP contribution in [0.4, 0.5) is 5.88 Å². The number of nitrogens with one attached hydrogen (secondary N) is 2. The monoisotopic (exact) mass is 256 g/mol. The topological polar surface area (TPSA) is 117 Å². The van der Waals surface area contributed by atoms with Gasteiger partial charge in [-0.1, -0.05) is 0 Å². The molecule has 1 aliphatic heterocycles. The fourth-order valence-corrected chi connectivity index (χ4v) is 2.30. The number of nitrogens with two attached hydrogens (primary N) is 1. The maximum absolute atomic E-state index is 9.34. The number of hydrogen-bond donors (Lipinski definition) is 3. The number of aromatic amines is 1. The van der Waals surface area contributed by atoms with Gasteiger partial charge in [-0.15, -0.1) is 0 Å². The third kappa shape index (κ3) is 1.57. The molecule has 96 valence electrons. The Morgan fingerprint density at radius 2 is 2.26 bits per heavy atom. The second-order valence-electron chi connectivity index (χ2n) is 4.37. The molecule has 1 aliphatic rings. The van der Waals surface area contributed by atoms with E-state index in [9.17, 15) is 5.26 Å². The van der Waals surface area contributed by atoms with Crippen molar-refractivity contribution in [3.63, 3.8) is 0 Å². The number of nitriles is 1. The molecule has 7 heteroatoms. The molecule has 0 saturated carbocycles. The average molecular weight is 256 g/mol. The molecule has 0 fully saturated rings. The van der Waals surface area contributed by atoms with Crippen LogP contribution < -0.4 is 11.1 Å². The molecule has 3 rings (SSSR count). The van der Waals surface area contributed by atoms with Gasteiger partial charge < -0.3 is 15.5 Å². The third-order valence-electron chi connectivity index (χ3n) is 3.16. The van der Waals surface area contributed by atoms with Crippen LogP contribution in [0.2, 0.25) is 0 Å². The molecule has 0 aromatic carbocycles. The van der Waals surface area contributed by atoms with Crippen LogP contribution in [0, 0.1) is 25.2 Å². The largest absolute Gasteiger partial charge is 0.425 e. The van der Waals surface area contributed by atoms with Crippen LogP contribution >= 0.6 is 0 Å². The molecule has 0 amide bonds. The Kier molecular flexibility index (Phi) is 2.32. The normalized spacial score (nSPS) is 17.8. The van der Waals surface area contributed by atoms with E-state index in [-0.39, 0.29) is 11.7 Å². The highest BCUT2D eigenvalue weighted by molar-refractivity contribution is 5.61. The Bertz CT molecular complexity index is 717. The number of oxazole rings is 1. The van der Waals surface area contributed by atoms with E-state index in [1.807, 2.05) is 6.92 Å². The van der Waals surface area contributed by atoms with Crippen LogP contribution in [0.5, 0.6) is 0 Å². The summed E-state index contributed by atoms with van der Waals surface area (Å²) >= 11 is 0. The molecular formula is C12H12N6O. The van der Waals surface area contributed by atoms with Crippen molar-refractivity contribution in [3.05, 3.63) is 40.4 Å². The van der Waals surface area contributed by atoms with Crippen LogP contribution in [0.3, 0.4) is 0 Å². The Morgan fingerprint density at radius 1 is 1.47 bits per heavy atom. The molecule has 4 N–H and O–H groups in total. The lowest BCUT2D eigenvalue weighted by Crippen LogP contribution is -2.22. The molecule has 19 heavy (non-hydrogen) atoms. The van der Waals surface area contributed by atoms with Gasteiger partial charge in [0.2, 0.25) is 5.88 Å². The molecule has 2 aromatic rings. The SMILES string of the molecule is Cc1nc2c(o1)NC(N)=C(C#N)C2c1c[nH]nc1C. The van der Waals surface area contributed by atoms with Crippen molar-refractivity contribution < 1.29 is 4.42 Å². The molecule has 0 bridgehead atoms. The van der Waals surface area contributed by atoms with Crippen molar-refractivity contribution in [1.29, 1.82) is 5.26 Å². The lowest BCUT2D eigenvalue weighted by molar-refractivity contribution is 0.534. The quantitative estimate of drug-likeness (QED) is 0.707. The minimum Gasteiger partial charge on any atom is -0.425 e. The van der Waals surface area contributed by atoms with Gasteiger partial charge in [0.25, 0.3) is 0 Å². The first-order chi connectivity index (χ1) is 9.11. The van der Waals surface area contributed by atoms with E-state index >= 15 is 0 Å². The van der Waals surface area contributed by atoms with Gasteiger partial charge in [-0.05, 0) is 6.92 Å². The van der Waals surface area contributed by atoms with Gasteiger partial charge in [0.15, 0.2) is 5.89 Å². The average Bonchev–Trinajstić information content (AvgIpc) is 2.92. The summed E-state index contributed by atoms with van der Waals surface area (Å²) in [5, 5.41) is 19.1. The fraction of sp³-hybridized carbons (Fsp3) is 0.250. The van der Waals surface area contributed by atoms with E-state index in [1.165, 1.54) is 0 Å². The number of anilines is 1. The van der Waals surface area contributed by atoms with Crippen molar-refractivity contribution in [2.24, 2.45) is 5.73 Å². The van der Waals surface area contributed by atoms with Crippen LogP contribution in [-0.2, 0) is 0 Å². The van der Waals surface area contributed by atoms with E-state index in [1.54, 1.807) is 13.1 Å². The molecule has 1 atom stereocenters. The summed E-state index contributed by atoms with van der Waals surface area (Å²) in [4.78, 5) is 4.35. The minimum absolute atomic E-state index is 0.289. The van der Waals surface area contributed by atoms with Crippen LogP contribution in [0.15, 0.2) is 22.0 Å². The highest BCUT2D eigenvalue weighted by Crippen LogP contribution is 2.40. The first-order valence-electron chi connectivity index (χ1n) is 5.76. The lowest BCUT2D eigenvalue weighted by atomic mass is 9.87. The number of H-pyrrole nitrogens is 1. The van der Waals surface area contributed by atoms with Gasteiger partial charge in [-0.2, -0.15) is 10.4 Å². The minimum atomic E-state index is -0.350. The second-order valence-corrected chi connectivity index (χ2v) is 4.37. The standard InChI is InChI=1S/C12H12N6O/c1-5-8(4-15-18-5)9-7(3-13)11(14)17-12-10(9)16-6(2)19-12/h4,9,17H,14H2,1-2H3,(H,15,18). The van der Waals surface area contributed by atoms with Gasteiger partial charge >= 0.3 is 0 Å². The number of aromatic nitrogens is 3. The van der Waals surface area contributed by atoms with Gasteiger partial charge in [0.1, 0.15) is 11.5 Å². The van der Waals surface area contributed by atoms with Crippen molar-refractivity contribution in [2.75, 3.05) is 5.32 Å². The Hall–Kier alpha value is -2.75. The van der Waals surface area contributed by atoms with Crippen LogP contribution in [-0.4, -0.2) is 15.2 Å². The summed E-state index contributed by atoms with van der Waals surface area (Å²) in [5.74, 6) is 0.949. The zero-order valence-corrected chi connectivity index (χ0v) is 10.5. The summed E-state index contributed by atoms with van der Waals surface area (Å²) in [5.41, 5.74) is 8.64. The van der Waals surface area contributed by atoms with Crippen molar-refractivity contribution in [1.82, 2.24) is 15.2 Å². The number of aryl methyl sites for hydroxylation is 2. The van der Waals surface area contributed by atoms with Crippen LogP contribution in [0.1, 0.15) is 28.8 Å². The highest BCUT2D eigenvalue weighted by Gasteiger charge is 2.34. The molecule has 1 unspecified atom stereocenters. The molecular weight excluding hydrogens is 244 g/mol. The molecule has 3 heterocycles. The molecule has 0 radical (unpaired) electrons. The molecule has 7 nitrogen and oxygen atoms in total. The first-order valence-corrected chi connectivity index (χ1v) is 5.76. The van der Waals surface area contributed by atoms with Gasteiger partial charge in [0.05, 0.1) is 23.3 Å². The molecule has 0 spiro atoms. The van der Waals surface area contributed by atoms with E-state index in [0.29, 0.717) is 23.0 Å². The fourth-order valence-electron chi connectivity index (χ4n) is 2.30. The van der Waals surface area contributed by atoms with E-state index in [0.717, 1.165) is 11.3 Å². The number of fused-ring (bicyclic) bond motifs is 1. The van der Waals surface area contributed by atoms with Gasteiger partial charge in [-0.3, -0.25) is 5.10 Å². The maximum atomic E-state index is 9.34. The second kappa shape index (κ2) is 3.88. The number of hydrogen-bond acceptors (Lipinski definition) is 6. The number of rotatable bonds is 1. The van der Waals surface area contributed by atoms with E-state index in [4.69, 9.17) is 10.2 Å². The zero-order chi connectivity index (χ0) is 13.6. The van der Waals surface area contributed by atoms with Crippen molar-refractivity contribution >= 4 is 5.88 Å². The van der Waals surface area contributed by atoms with Crippen molar-refractivity contribution in [2.45, 2.75) is 19.8 Å². The summed E-state index contributed by atoms with van der Waals surface area (Å²) in [7, 11) is 0. The maximum Gasteiger partial charge on any atom is 0.223 e. The van der Waals surface area contributed by atoms with Gasteiger partial charge in [-0.25, -0.2) is 4.98 Å². The smallest absolute Gasteiger partial charge is 0.223 e. The zero-order valence-electron chi connectivity index (χ0n) is 10.5. The summed E-state index contributed by atoms with van der Waals surface area (Å²) in [6.07, 6.45) is 1.75. The highest BCUT2D eigenvalue weighted by atomic mass is 16.4. The van der Waals surface area contributed by atoms with Crippen molar-refractivity contribution in [3.8, 4) is 6.07 Å². The summed E-state index contributed by atoms with van der Waals surface area (Å²) < 4.78 is 5.46. The van der Waals surface area contributed by atoms with Gasteiger partial charge in [0, 0.05) is 18.7 Å². The first kappa shape index (κ1) is 11.3. The molecule has 0 saturated heterocycles. The summed E-state index contributed by atoms with van der Waals surface area (Å²) in [6.45, 7) is 3.62. The van der Waals surface area contributed by atoms with Crippen LogP contribution in [0.25, 0.3) is 0 Å². The van der Waals surface area contributed by atoms with E-state index < -0.39 is 0 Å². The lowest BCUT2D eigenvalue weighted by Gasteiger charge is -2.21. The number of nitrogens with zero attached hydrogens (tertiary/aromatic N) is 3.